The minimum Gasteiger partial charge on any atom is -0.350 e. The van der Waals surface area contributed by atoms with Crippen molar-refractivity contribution in [3.05, 3.63) is 99.5 Å². The normalized spacial score (nSPS) is 14.6. The summed E-state index contributed by atoms with van der Waals surface area (Å²) in [6.07, 6.45) is 2.34. The van der Waals surface area contributed by atoms with Crippen molar-refractivity contribution in [2.45, 2.75) is 56.6 Å². The van der Waals surface area contributed by atoms with Crippen molar-refractivity contribution in [2.24, 2.45) is 0 Å². The Morgan fingerprint density at radius 1 is 0.850 bits per heavy atom. The predicted octanol–water partition coefficient (Wildman–Crippen LogP) is 5.44. The van der Waals surface area contributed by atoms with Crippen molar-refractivity contribution in [3.63, 3.8) is 0 Å². The number of hydrogen-bond donors (Lipinski definition) is 1. The summed E-state index contributed by atoms with van der Waals surface area (Å²) in [7, 11) is -3.49. The molecule has 0 saturated carbocycles. The molecule has 1 aliphatic rings. The van der Waals surface area contributed by atoms with Crippen LogP contribution < -0.4 is 5.32 Å². The lowest BCUT2D eigenvalue weighted by Crippen LogP contribution is -2.47. The molecular weight excluding hydrogens is 569 g/mol. The maximum atomic E-state index is 13.4. The first-order valence-corrected chi connectivity index (χ1v) is 15.5. The second kappa shape index (κ2) is 13.6. The SMILES string of the molecule is CC(C(=O)NCc1ccc(Cl)cc1)N(Cc1ccc(Cl)cc1)C(=O)CCc1ccc(S(=O)(=O)N2CCCC2)cc1. The van der Waals surface area contributed by atoms with Crippen molar-refractivity contribution >= 4 is 45.0 Å². The molecule has 1 N–H and O–H groups in total. The van der Waals surface area contributed by atoms with Crippen LogP contribution in [0.15, 0.2) is 77.7 Å². The van der Waals surface area contributed by atoms with Gasteiger partial charge in [0.2, 0.25) is 21.8 Å². The zero-order valence-electron chi connectivity index (χ0n) is 22.4. The fraction of sp³-hybridized carbons (Fsp3) is 0.333. The molecule has 4 rings (SSSR count). The summed E-state index contributed by atoms with van der Waals surface area (Å²) in [5, 5.41) is 4.11. The second-order valence-electron chi connectivity index (χ2n) is 9.92. The molecule has 1 atom stereocenters. The first-order valence-electron chi connectivity index (χ1n) is 13.3. The summed E-state index contributed by atoms with van der Waals surface area (Å²) in [4.78, 5) is 28.3. The van der Waals surface area contributed by atoms with E-state index in [1.165, 1.54) is 4.31 Å². The van der Waals surface area contributed by atoms with Crippen LogP contribution in [0, 0.1) is 0 Å². The lowest BCUT2D eigenvalue weighted by atomic mass is 10.1. The molecule has 0 aliphatic carbocycles. The molecule has 0 bridgehead atoms. The Bertz CT molecular complexity index is 1410. The highest BCUT2D eigenvalue weighted by atomic mass is 35.5. The number of rotatable bonds is 11. The zero-order chi connectivity index (χ0) is 28.7. The smallest absolute Gasteiger partial charge is 0.243 e. The van der Waals surface area contributed by atoms with Crippen LogP contribution in [0.1, 0.15) is 42.9 Å². The molecule has 3 aromatic carbocycles. The molecule has 1 unspecified atom stereocenters. The minimum absolute atomic E-state index is 0.167. The summed E-state index contributed by atoms with van der Waals surface area (Å²) < 4.78 is 27.1. The molecule has 7 nitrogen and oxygen atoms in total. The predicted molar refractivity (Wildman–Crippen MR) is 158 cm³/mol. The Hall–Kier alpha value is -2.91. The van der Waals surface area contributed by atoms with Gasteiger partial charge in [0.25, 0.3) is 0 Å². The van der Waals surface area contributed by atoms with E-state index in [1.54, 1.807) is 60.4 Å². The molecule has 1 saturated heterocycles. The highest BCUT2D eigenvalue weighted by Gasteiger charge is 2.28. The Balaban J connectivity index is 1.42. The molecule has 3 aromatic rings. The molecule has 0 aromatic heterocycles. The van der Waals surface area contributed by atoms with Gasteiger partial charge in [-0.2, -0.15) is 4.31 Å². The molecule has 2 amide bonds. The fourth-order valence-electron chi connectivity index (χ4n) is 4.61. The van der Waals surface area contributed by atoms with E-state index in [0.717, 1.165) is 29.5 Å². The van der Waals surface area contributed by atoms with Gasteiger partial charge in [-0.1, -0.05) is 59.6 Å². The van der Waals surface area contributed by atoms with E-state index in [1.807, 2.05) is 24.3 Å². The van der Waals surface area contributed by atoms with Crippen molar-refractivity contribution in [3.8, 4) is 0 Å². The average Bonchev–Trinajstić information content (AvgIpc) is 3.51. The van der Waals surface area contributed by atoms with Crippen LogP contribution in [0.3, 0.4) is 0 Å². The highest BCUT2D eigenvalue weighted by molar-refractivity contribution is 7.89. The van der Waals surface area contributed by atoms with Crippen LogP contribution in [0.5, 0.6) is 0 Å². The molecule has 0 radical (unpaired) electrons. The van der Waals surface area contributed by atoms with E-state index in [4.69, 9.17) is 23.2 Å². The largest absolute Gasteiger partial charge is 0.350 e. The molecule has 1 fully saturated rings. The van der Waals surface area contributed by atoms with Gasteiger partial charge in [-0.15, -0.1) is 0 Å². The van der Waals surface area contributed by atoms with Gasteiger partial charge in [0, 0.05) is 42.6 Å². The quantitative estimate of drug-likeness (QED) is 0.317. The van der Waals surface area contributed by atoms with E-state index < -0.39 is 16.1 Å². The van der Waals surface area contributed by atoms with Crippen LogP contribution in [0.2, 0.25) is 10.0 Å². The molecule has 10 heteroatoms. The maximum Gasteiger partial charge on any atom is 0.243 e. The standard InChI is InChI=1S/C30H33Cl2N3O4S/c1-22(30(37)33-20-24-4-11-26(31)12-5-24)35(21-25-6-13-27(32)14-7-25)29(36)17-10-23-8-15-28(16-9-23)40(38,39)34-18-2-3-19-34/h4-9,11-16,22H,2-3,10,17-21H2,1H3,(H,33,37). The Labute approximate surface area is 246 Å². The number of aryl methyl sites for hydroxylation is 1. The first-order chi connectivity index (χ1) is 19.1. The van der Waals surface area contributed by atoms with Crippen LogP contribution in [0.4, 0.5) is 0 Å². The molecule has 0 spiro atoms. The topological polar surface area (TPSA) is 86.8 Å². The Kier molecular flexibility index (Phi) is 10.2. The number of nitrogens with zero attached hydrogens (tertiary/aromatic N) is 2. The maximum absolute atomic E-state index is 13.4. The summed E-state index contributed by atoms with van der Waals surface area (Å²) in [6.45, 7) is 3.37. The van der Waals surface area contributed by atoms with E-state index in [2.05, 4.69) is 5.32 Å². The molecule has 212 valence electrons. The second-order valence-corrected chi connectivity index (χ2v) is 12.7. The number of benzene rings is 3. The van der Waals surface area contributed by atoms with Crippen LogP contribution in [-0.4, -0.2) is 48.6 Å². The third-order valence-corrected chi connectivity index (χ3v) is 9.48. The highest BCUT2D eigenvalue weighted by Crippen LogP contribution is 2.22. The molecule has 40 heavy (non-hydrogen) atoms. The number of carbonyl (C=O) groups excluding carboxylic acids is 2. The third kappa shape index (κ3) is 7.85. The van der Waals surface area contributed by atoms with E-state index >= 15 is 0 Å². The number of nitrogens with one attached hydrogen (secondary N) is 1. The molecule has 1 aliphatic heterocycles. The first kappa shape index (κ1) is 30.1. The lowest BCUT2D eigenvalue weighted by Gasteiger charge is -2.29. The van der Waals surface area contributed by atoms with Crippen LogP contribution >= 0.6 is 23.2 Å². The minimum atomic E-state index is -3.49. The van der Waals surface area contributed by atoms with Crippen molar-refractivity contribution in [1.29, 1.82) is 0 Å². The summed E-state index contributed by atoms with van der Waals surface area (Å²) in [5.41, 5.74) is 2.60. The number of amides is 2. The molecular formula is C30H33Cl2N3O4S. The van der Waals surface area contributed by atoms with Crippen molar-refractivity contribution < 1.29 is 18.0 Å². The van der Waals surface area contributed by atoms with Gasteiger partial charge < -0.3 is 10.2 Å². The molecule has 1 heterocycles. The lowest BCUT2D eigenvalue weighted by molar-refractivity contribution is -0.140. The third-order valence-electron chi connectivity index (χ3n) is 7.07. The zero-order valence-corrected chi connectivity index (χ0v) is 24.7. The fourth-order valence-corrected chi connectivity index (χ4v) is 6.38. The van der Waals surface area contributed by atoms with Gasteiger partial charge in [0.05, 0.1) is 4.90 Å². The van der Waals surface area contributed by atoms with Gasteiger partial charge in [-0.05, 0) is 79.3 Å². The van der Waals surface area contributed by atoms with Gasteiger partial charge in [-0.3, -0.25) is 9.59 Å². The van der Waals surface area contributed by atoms with Crippen LogP contribution in [0.25, 0.3) is 0 Å². The summed E-state index contributed by atoms with van der Waals surface area (Å²) >= 11 is 12.0. The van der Waals surface area contributed by atoms with E-state index in [0.29, 0.717) is 36.1 Å². The Morgan fingerprint density at radius 2 is 1.38 bits per heavy atom. The van der Waals surface area contributed by atoms with Gasteiger partial charge in [-0.25, -0.2) is 8.42 Å². The van der Waals surface area contributed by atoms with E-state index in [9.17, 15) is 18.0 Å². The monoisotopic (exact) mass is 601 g/mol. The van der Waals surface area contributed by atoms with Crippen molar-refractivity contribution in [1.82, 2.24) is 14.5 Å². The summed E-state index contributed by atoms with van der Waals surface area (Å²) in [6, 6.07) is 20.4. The van der Waals surface area contributed by atoms with Gasteiger partial charge >= 0.3 is 0 Å². The number of carbonyl (C=O) groups is 2. The number of hydrogen-bond acceptors (Lipinski definition) is 4. The van der Waals surface area contributed by atoms with E-state index in [-0.39, 0.29) is 29.7 Å². The number of sulfonamides is 1. The average molecular weight is 603 g/mol. The summed E-state index contributed by atoms with van der Waals surface area (Å²) in [5.74, 6) is -0.452. The number of halogens is 2. The Morgan fingerprint density at radius 3 is 1.95 bits per heavy atom. The van der Waals surface area contributed by atoms with Crippen molar-refractivity contribution in [2.75, 3.05) is 13.1 Å². The van der Waals surface area contributed by atoms with Gasteiger partial charge in [0.1, 0.15) is 6.04 Å². The van der Waals surface area contributed by atoms with Crippen LogP contribution in [-0.2, 0) is 39.1 Å². The van der Waals surface area contributed by atoms with Gasteiger partial charge in [0.15, 0.2) is 0 Å².